The molecule has 2 aliphatic heterocycles. The number of nitrogens with one attached hydrogen (secondary N) is 1. The van der Waals surface area contributed by atoms with Crippen LogP contribution in [0.5, 0.6) is 11.8 Å². The molecule has 19 heteroatoms. The molecule has 16 nitrogen and oxygen atoms in total. The molecule has 0 amide bonds. The van der Waals surface area contributed by atoms with Gasteiger partial charge in [0.25, 0.3) is 0 Å². The Bertz CT molecular complexity index is 989. The minimum Gasteiger partial charge on any atom is -0.503 e. The molecule has 0 aliphatic carbocycles. The molecule has 3 heterocycles. The third-order valence-electron chi connectivity index (χ3n) is 3.61. The van der Waals surface area contributed by atoms with Gasteiger partial charge in [0.1, 0.15) is 12.2 Å². The number of hydrogen-bond acceptors (Lipinski definition) is 11. The van der Waals surface area contributed by atoms with Gasteiger partial charge in [-0.1, -0.05) is 0 Å². The van der Waals surface area contributed by atoms with E-state index in [0.717, 1.165) is 10.8 Å². The lowest BCUT2D eigenvalue weighted by Gasteiger charge is -2.21. The normalized spacial score (nSPS) is 30.8. The number of fused-ring (bicyclic) bond motifs is 3. The predicted molar refractivity (Wildman–Crippen MR) is 82.8 cm³/mol. The van der Waals surface area contributed by atoms with Gasteiger partial charge in [0, 0.05) is 0 Å². The second kappa shape index (κ2) is 6.97. The van der Waals surface area contributed by atoms with Crippen molar-refractivity contribution in [2.75, 3.05) is 6.16 Å². The zero-order chi connectivity index (χ0) is 21.1. The lowest BCUT2D eigenvalue weighted by molar-refractivity contribution is -0.00700. The Morgan fingerprint density at radius 3 is 2.46 bits per heavy atom. The van der Waals surface area contributed by atoms with E-state index in [0.29, 0.717) is 0 Å². The van der Waals surface area contributed by atoms with Crippen LogP contribution in [0.25, 0.3) is 0 Å². The minimum absolute atomic E-state index is 0.159. The first-order chi connectivity index (χ1) is 12.7. The average molecular weight is 465 g/mol. The fraction of sp³-hybridized carbons (Fsp3) is 0.556. The lowest BCUT2D eigenvalue weighted by Crippen LogP contribution is -2.35. The van der Waals surface area contributed by atoms with Crippen molar-refractivity contribution in [3.63, 3.8) is 0 Å². The Morgan fingerprint density at radius 1 is 1.21 bits per heavy atom. The van der Waals surface area contributed by atoms with Crippen LogP contribution in [0.15, 0.2) is 6.20 Å². The Balaban J connectivity index is 1.73. The molecule has 158 valence electrons. The van der Waals surface area contributed by atoms with Gasteiger partial charge in [-0.25, -0.2) is 13.4 Å². The van der Waals surface area contributed by atoms with Crippen molar-refractivity contribution in [3.8, 4) is 11.8 Å². The third-order valence-corrected chi connectivity index (χ3v) is 7.96. The van der Waals surface area contributed by atoms with Gasteiger partial charge in [0.05, 0.1) is 12.4 Å². The first-order valence-corrected chi connectivity index (χ1v) is 12.0. The molecule has 6 atom stereocenters. The molecule has 1 aromatic rings. The molecule has 1 saturated heterocycles. The zero-order valence-electron chi connectivity index (χ0n) is 13.4. The molecule has 0 saturated carbocycles. The summed E-state index contributed by atoms with van der Waals surface area (Å²) in [5, 5.41) is 27.2. The van der Waals surface area contributed by atoms with Crippen LogP contribution < -0.4 is 10.2 Å². The van der Waals surface area contributed by atoms with Gasteiger partial charge in [-0.15, -0.1) is 0 Å². The van der Waals surface area contributed by atoms with Crippen LogP contribution in [-0.4, -0.2) is 63.8 Å². The molecule has 3 rings (SSSR count). The molecule has 0 spiro atoms. The topological polar surface area (TPSA) is 251 Å². The number of nitrogens with zero attached hydrogens (tertiary/aromatic N) is 2. The Hall–Kier alpha value is -1.15. The maximum atomic E-state index is 12.0. The summed E-state index contributed by atoms with van der Waals surface area (Å²) in [5.41, 5.74) is -0.491. The number of rotatable bonds is 6. The number of ether oxygens (including phenoxy) is 2. The highest BCUT2D eigenvalue weighted by Crippen LogP contribution is 2.66. The van der Waals surface area contributed by atoms with E-state index in [1.54, 1.807) is 0 Å². The fourth-order valence-corrected chi connectivity index (χ4v) is 6.42. The van der Waals surface area contributed by atoms with Crippen LogP contribution in [-0.2, 0) is 27.1 Å². The summed E-state index contributed by atoms with van der Waals surface area (Å²) < 4.78 is 53.2. The summed E-state index contributed by atoms with van der Waals surface area (Å²) in [6, 6.07) is -0.159. The highest BCUT2D eigenvalue weighted by Gasteiger charge is 2.54. The van der Waals surface area contributed by atoms with E-state index < -0.39 is 65.2 Å². The second-order valence-corrected chi connectivity index (χ2v) is 10.6. The SMILES string of the molecule is N=c1nc2n(cc1O)[C@H]1O[C@@H](CP(=O)(O)OP(=O)(O)OP(=O)(O)O)[C@H](O)[C@H]1O2. The molecule has 1 aromatic heterocycles. The standard InChI is InChI=1S/C9H14N3O13P3/c10-7-3(13)1-12-8-6(23-9(12)11-7)5(14)4(22-8)2-26(15,16)24-28(20,21)25-27(17,18)19/h1,4-6,8,10,13-14H,2H2,(H,15,16)(H,20,21)(H2,17,18,19)/t4-,5-,6+,8-/m0/s1. The van der Waals surface area contributed by atoms with Crippen LogP contribution in [0, 0.1) is 5.41 Å². The summed E-state index contributed by atoms with van der Waals surface area (Å²) in [6.07, 6.45) is -5.32. The van der Waals surface area contributed by atoms with Crippen molar-refractivity contribution in [1.29, 1.82) is 5.41 Å². The Kier molecular flexibility index (Phi) is 5.37. The van der Waals surface area contributed by atoms with Crippen molar-refractivity contribution >= 4 is 23.2 Å². The summed E-state index contributed by atoms with van der Waals surface area (Å²) in [4.78, 5) is 39.5. The first kappa shape index (κ1) is 21.6. The molecular formula is C9H14N3O13P3. The van der Waals surface area contributed by atoms with E-state index in [1.165, 1.54) is 0 Å². The lowest BCUT2D eigenvalue weighted by atomic mass is 10.1. The molecule has 28 heavy (non-hydrogen) atoms. The van der Waals surface area contributed by atoms with Gasteiger partial charge in [0.15, 0.2) is 23.6 Å². The van der Waals surface area contributed by atoms with E-state index in [1.807, 2.05) is 0 Å². The first-order valence-electron chi connectivity index (χ1n) is 7.17. The van der Waals surface area contributed by atoms with E-state index >= 15 is 0 Å². The molecule has 1 fully saturated rings. The fourth-order valence-electron chi connectivity index (χ4n) is 2.64. The van der Waals surface area contributed by atoms with E-state index in [2.05, 4.69) is 13.6 Å². The molecular weight excluding hydrogens is 451 g/mol. The average Bonchev–Trinajstić information content (AvgIpc) is 2.93. The van der Waals surface area contributed by atoms with Crippen LogP contribution in [0.3, 0.4) is 0 Å². The Morgan fingerprint density at radius 2 is 1.86 bits per heavy atom. The summed E-state index contributed by atoms with van der Waals surface area (Å²) in [5.74, 6) is -0.526. The summed E-state index contributed by atoms with van der Waals surface area (Å²) in [7, 11) is -16.2. The third kappa shape index (κ3) is 4.53. The zero-order valence-corrected chi connectivity index (χ0v) is 16.1. The van der Waals surface area contributed by atoms with Gasteiger partial charge in [-0.2, -0.15) is 9.29 Å². The quantitative estimate of drug-likeness (QED) is 0.236. The van der Waals surface area contributed by atoms with Gasteiger partial charge < -0.3 is 39.3 Å². The van der Waals surface area contributed by atoms with Crippen LogP contribution in [0.4, 0.5) is 0 Å². The van der Waals surface area contributed by atoms with Crippen molar-refractivity contribution < 1.29 is 61.6 Å². The van der Waals surface area contributed by atoms with E-state index in [9.17, 15) is 33.7 Å². The van der Waals surface area contributed by atoms with Gasteiger partial charge in [-0.05, 0) is 0 Å². The largest absolute Gasteiger partial charge is 0.503 e. The predicted octanol–water partition coefficient (Wildman–Crippen LogP) is -1.50. The maximum absolute atomic E-state index is 12.0. The van der Waals surface area contributed by atoms with Crippen molar-refractivity contribution in [2.24, 2.45) is 0 Å². The monoisotopic (exact) mass is 465 g/mol. The smallest absolute Gasteiger partial charge is 0.488 e. The van der Waals surface area contributed by atoms with Crippen molar-refractivity contribution in [3.05, 3.63) is 11.7 Å². The molecule has 2 aliphatic rings. The number of aliphatic hydroxyl groups is 1. The van der Waals surface area contributed by atoms with Gasteiger partial charge >= 0.3 is 29.3 Å². The second-order valence-electron chi connectivity index (χ2n) is 5.75. The summed E-state index contributed by atoms with van der Waals surface area (Å²) >= 11 is 0. The molecule has 2 unspecified atom stereocenters. The van der Waals surface area contributed by atoms with Gasteiger partial charge in [0.2, 0.25) is 0 Å². The molecule has 0 aromatic carbocycles. The van der Waals surface area contributed by atoms with Crippen LogP contribution in [0.2, 0.25) is 0 Å². The number of aromatic nitrogens is 2. The molecule has 7 N–H and O–H groups in total. The molecule has 0 bridgehead atoms. The van der Waals surface area contributed by atoms with E-state index in [-0.39, 0.29) is 6.01 Å². The van der Waals surface area contributed by atoms with Crippen LogP contribution in [0.1, 0.15) is 6.23 Å². The van der Waals surface area contributed by atoms with Crippen molar-refractivity contribution in [2.45, 2.75) is 24.5 Å². The number of aliphatic hydroxyl groups excluding tert-OH is 1. The van der Waals surface area contributed by atoms with Crippen molar-refractivity contribution in [1.82, 2.24) is 9.55 Å². The number of hydrogen-bond donors (Lipinski definition) is 7. The highest BCUT2D eigenvalue weighted by atomic mass is 31.3. The maximum Gasteiger partial charge on any atom is 0.488 e. The van der Waals surface area contributed by atoms with Crippen LogP contribution >= 0.6 is 23.2 Å². The summed E-state index contributed by atoms with van der Waals surface area (Å²) in [6.45, 7) is 0. The Labute approximate surface area is 154 Å². The highest BCUT2D eigenvalue weighted by molar-refractivity contribution is 7.68. The van der Waals surface area contributed by atoms with Gasteiger partial charge in [-0.3, -0.25) is 14.5 Å². The number of aromatic hydroxyl groups is 1. The number of phosphoric acid groups is 2. The molecule has 0 radical (unpaired) electrons. The minimum atomic E-state index is -5.61. The van der Waals surface area contributed by atoms with E-state index in [4.69, 9.17) is 24.7 Å².